The van der Waals surface area contributed by atoms with E-state index in [-0.39, 0.29) is 16.6 Å². The van der Waals surface area contributed by atoms with Crippen molar-refractivity contribution in [3.63, 3.8) is 0 Å². The molecule has 1 fully saturated rings. The Morgan fingerprint density at radius 2 is 1.94 bits per heavy atom. The minimum absolute atomic E-state index is 0.101. The Bertz CT molecular complexity index is 1280. The molecule has 6 nitrogen and oxygen atoms in total. The highest BCUT2D eigenvalue weighted by molar-refractivity contribution is 8.27. The largest absolute Gasteiger partial charge is 0.457 e. The number of anilines is 1. The number of amides is 1. The number of nitrogens with zero attached hydrogens (tertiary/aromatic N) is 2. The number of nitro benzene ring substituents is 1. The first-order chi connectivity index (χ1) is 14.7. The van der Waals surface area contributed by atoms with Crippen LogP contribution in [0.5, 0.6) is 0 Å². The highest BCUT2D eigenvalue weighted by Gasteiger charge is 2.34. The lowest BCUT2D eigenvalue weighted by Crippen LogP contribution is -2.28. The number of hydrogen-bond donors (Lipinski definition) is 0. The Balaban J connectivity index is 1.63. The fourth-order valence-electron chi connectivity index (χ4n) is 3.16. The zero-order valence-electron chi connectivity index (χ0n) is 16.4. The van der Waals surface area contributed by atoms with Crippen LogP contribution < -0.4 is 4.90 Å². The second-order valence-electron chi connectivity index (χ2n) is 6.93. The standard InChI is InChI=1S/C22H15ClN2O4S2/c1-12-3-4-13(2)18(9-12)24-21(26)20(31-22(24)30)11-15-6-8-19(29-15)16-7-5-14(25(27)28)10-17(16)23/h3-11H,1-2H3. The molecule has 156 valence electrons. The van der Waals surface area contributed by atoms with Gasteiger partial charge in [-0.1, -0.05) is 47.7 Å². The number of nitro groups is 1. The van der Waals surface area contributed by atoms with E-state index in [1.165, 1.54) is 34.9 Å². The molecule has 0 aliphatic carbocycles. The van der Waals surface area contributed by atoms with Crippen LogP contribution in [0.2, 0.25) is 5.02 Å². The van der Waals surface area contributed by atoms with Crippen LogP contribution in [0.4, 0.5) is 11.4 Å². The van der Waals surface area contributed by atoms with Gasteiger partial charge in [-0.15, -0.1) is 0 Å². The van der Waals surface area contributed by atoms with Gasteiger partial charge >= 0.3 is 0 Å². The maximum absolute atomic E-state index is 13.0. The number of non-ortho nitro benzene ring substituents is 1. The van der Waals surface area contributed by atoms with Crippen molar-refractivity contribution in [3.8, 4) is 11.3 Å². The van der Waals surface area contributed by atoms with Gasteiger partial charge in [0.15, 0.2) is 4.32 Å². The number of carbonyl (C=O) groups is 1. The molecule has 0 radical (unpaired) electrons. The third-order valence-corrected chi connectivity index (χ3v) is 6.34. The third kappa shape index (κ3) is 4.14. The minimum Gasteiger partial charge on any atom is -0.457 e. The predicted molar refractivity (Wildman–Crippen MR) is 127 cm³/mol. The Labute approximate surface area is 192 Å². The summed E-state index contributed by atoms with van der Waals surface area (Å²) in [5, 5.41) is 11.1. The quantitative estimate of drug-likeness (QED) is 0.187. The molecule has 1 saturated heterocycles. The van der Waals surface area contributed by atoms with Crippen LogP contribution in [-0.4, -0.2) is 15.2 Å². The van der Waals surface area contributed by atoms with Gasteiger partial charge < -0.3 is 4.42 Å². The molecule has 0 N–H and O–H groups in total. The highest BCUT2D eigenvalue weighted by atomic mass is 35.5. The summed E-state index contributed by atoms with van der Waals surface area (Å²) in [5.74, 6) is 0.678. The number of halogens is 1. The van der Waals surface area contributed by atoms with Gasteiger partial charge in [0.2, 0.25) is 0 Å². The van der Waals surface area contributed by atoms with E-state index in [0.29, 0.717) is 26.3 Å². The topological polar surface area (TPSA) is 76.6 Å². The first-order valence-corrected chi connectivity index (χ1v) is 10.7. The molecule has 0 saturated carbocycles. The Hall–Kier alpha value is -2.94. The molecule has 0 atom stereocenters. The van der Waals surface area contributed by atoms with Gasteiger partial charge in [-0.2, -0.15) is 0 Å². The molecule has 0 unspecified atom stereocenters. The fraction of sp³-hybridized carbons (Fsp3) is 0.0909. The summed E-state index contributed by atoms with van der Waals surface area (Å²) in [6, 6.07) is 13.4. The molecule has 1 aromatic heterocycles. The number of carbonyl (C=O) groups excluding carboxylic acids is 1. The Kier molecular flexibility index (Phi) is 5.70. The first kappa shape index (κ1) is 21.3. The molecule has 9 heteroatoms. The summed E-state index contributed by atoms with van der Waals surface area (Å²) in [7, 11) is 0. The van der Waals surface area contributed by atoms with Gasteiger partial charge in [0.25, 0.3) is 11.6 Å². The van der Waals surface area contributed by atoms with Crippen molar-refractivity contribution < 1.29 is 14.1 Å². The predicted octanol–water partition coefficient (Wildman–Crippen LogP) is 6.53. The molecule has 1 aliphatic heterocycles. The minimum atomic E-state index is -0.513. The maximum Gasteiger partial charge on any atom is 0.270 e. The van der Waals surface area contributed by atoms with Gasteiger partial charge in [-0.3, -0.25) is 19.8 Å². The van der Waals surface area contributed by atoms with E-state index in [9.17, 15) is 14.9 Å². The number of hydrogen-bond acceptors (Lipinski definition) is 6. The van der Waals surface area contributed by atoms with Crippen LogP contribution in [0.25, 0.3) is 17.4 Å². The summed E-state index contributed by atoms with van der Waals surface area (Å²) >= 11 is 12.8. The van der Waals surface area contributed by atoms with Gasteiger partial charge in [0.1, 0.15) is 11.5 Å². The molecule has 2 aromatic carbocycles. The van der Waals surface area contributed by atoms with Crippen molar-refractivity contribution >= 4 is 63.3 Å². The number of furan rings is 1. The van der Waals surface area contributed by atoms with Crippen LogP contribution >= 0.6 is 35.6 Å². The molecular formula is C22H15ClN2O4S2. The van der Waals surface area contributed by atoms with Gasteiger partial charge in [-0.05, 0) is 49.2 Å². The zero-order chi connectivity index (χ0) is 22.3. The average molecular weight is 471 g/mol. The van der Waals surface area contributed by atoms with E-state index in [4.69, 9.17) is 28.2 Å². The number of thioether (sulfide) groups is 1. The second kappa shape index (κ2) is 8.30. The van der Waals surface area contributed by atoms with Crippen LogP contribution in [0, 0.1) is 24.0 Å². The third-order valence-electron chi connectivity index (χ3n) is 4.73. The van der Waals surface area contributed by atoms with Crippen molar-refractivity contribution in [2.45, 2.75) is 13.8 Å². The zero-order valence-corrected chi connectivity index (χ0v) is 18.8. The van der Waals surface area contributed by atoms with Crippen molar-refractivity contribution in [2.24, 2.45) is 0 Å². The molecule has 4 rings (SSSR count). The molecule has 31 heavy (non-hydrogen) atoms. The summed E-state index contributed by atoms with van der Waals surface area (Å²) in [6.07, 6.45) is 1.63. The van der Waals surface area contributed by atoms with Gasteiger partial charge in [0, 0.05) is 23.8 Å². The molecule has 0 spiro atoms. The number of benzene rings is 2. The summed E-state index contributed by atoms with van der Waals surface area (Å²) in [5.41, 5.74) is 3.18. The lowest BCUT2D eigenvalue weighted by atomic mass is 10.1. The summed E-state index contributed by atoms with van der Waals surface area (Å²) in [6.45, 7) is 3.90. The lowest BCUT2D eigenvalue weighted by molar-refractivity contribution is -0.384. The first-order valence-electron chi connectivity index (χ1n) is 9.14. The number of rotatable bonds is 4. The molecule has 3 aromatic rings. The average Bonchev–Trinajstić information content (AvgIpc) is 3.28. The molecular weight excluding hydrogens is 456 g/mol. The van der Waals surface area contributed by atoms with E-state index in [2.05, 4.69) is 0 Å². The second-order valence-corrected chi connectivity index (χ2v) is 9.01. The van der Waals surface area contributed by atoms with Gasteiger partial charge in [-0.25, -0.2) is 0 Å². The number of thiocarbonyl (C=S) groups is 1. The lowest BCUT2D eigenvalue weighted by Gasteiger charge is -2.17. The van der Waals surface area contributed by atoms with Crippen LogP contribution in [-0.2, 0) is 4.79 Å². The molecule has 1 amide bonds. The van der Waals surface area contributed by atoms with E-state index in [1.54, 1.807) is 18.2 Å². The number of aryl methyl sites for hydroxylation is 2. The molecule has 1 aliphatic rings. The molecule has 0 bridgehead atoms. The summed E-state index contributed by atoms with van der Waals surface area (Å²) in [4.78, 5) is 25.4. The summed E-state index contributed by atoms with van der Waals surface area (Å²) < 4.78 is 6.28. The Morgan fingerprint density at radius 1 is 1.16 bits per heavy atom. The SMILES string of the molecule is Cc1ccc(C)c(N2C(=O)C(=Cc3ccc(-c4ccc([N+](=O)[O-])cc4Cl)o3)SC2=S)c1. The highest BCUT2D eigenvalue weighted by Crippen LogP contribution is 2.38. The Morgan fingerprint density at radius 3 is 2.65 bits per heavy atom. The molecule has 2 heterocycles. The van der Waals surface area contributed by atoms with Crippen molar-refractivity contribution in [1.29, 1.82) is 0 Å². The van der Waals surface area contributed by atoms with E-state index in [0.717, 1.165) is 16.8 Å². The van der Waals surface area contributed by atoms with Crippen LogP contribution in [0.15, 0.2) is 57.9 Å². The fourth-order valence-corrected chi connectivity index (χ4v) is 4.69. The van der Waals surface area contributed by atoms with Crippen molar-refractivity contribution in [3.05, 3.63) is 85.5 Å². The van der Waals surface area contributed by atoms with Crippen molar-refractivity contribution in [2.75, 3.05) is 4.90 Å². The van der Waals surface area contributed by atoms with E-state index >= 15 is 0 Å². The van der Waals surface area contributed by atoms with Crippen LogP contribution in [0.1, 0.15) is 16.9 Å². The smallest absolute Gasteiger partial charge is 0.270 e. The normalized spacial score (nSPS) is 15.2. The van der Waals surface area contributed by atoms with Gasteiger partial charge in [0.05, 0.1) is 20.5 Å². The maximum atomic E-state index is 13.0. The van der Waals surface area contributed by atoms with Crippen molar-refractivity contribution in [1.82, 2.24) is 0 Å². The van der Waals surface area contributed by atoms with Crippen LogP contribution in [0.3, 0.4) is 0 Å². The monoisotopic (exact) mass is 470 g/mol. The van der Waals surface area contributed by atoms with E-state index < -0.39 is 4.92 Å². The van der Waals surface area contributed by atoms with E-state index in [1.807, 2.05) is 32.0 Å².